The highest BCUT2D eigenvalue weighted by molar-refractivity contribution is 5.85. The Morgan fingerprint density at radius 3 is 2.33 bits per heavy atom. The van der Waals surface area contributed by atoms with E-state index in [0.29, 0.717) is 0 Å². The summed E-state index contributed by atoms with van der Waals surface area (Å²) in [7, 11) is 1.47. The molecule has 0 aromatic rings. The van der Waals surface area contributed by atoms with Gasteiger partial charge in [-0.3, -0.25) is 4.79 Å². The van der Waals surface area contributed by atoms with Crippen molar-refractivity contribution >= 4 is 18.2 Å². The number of rotatable bonds is 3. The second kappa shape index (κ2) is 6.01. The van der Waals surface area contributed by atoms with E-state index in [1.165, 1.54) is 7.11 Å². The van der Waals surface area contributed by atoms with Crippen LogP contribution < -0.4 is 5.73 Å². The lowest BCUT2D eigenvalue weighted by molar-refractivity contribution is -0.123. The highest BCUT2D eigenvalue weighted by Gasteiger charge is 2.04. The molecule has 56 valence electrons. The maximum Gasteiger partial charge on any atom is 0.174 e. The zero-order chi connectivity index (χ0) is 6.57. The highest BCUT2D eigenvalue weighted by Crippen LogP contribution is 1.78. The molecule has 2 N–H and O–H groups in total. The van der Waals surface area contributed by atoms with Crippen molar-refractivity contribution in [2.45, 2.75) is 13.0 Å². The fraction of sp³-hybridized carbons (Fsp3) is 0.800. The summed E-state index contributed by atoms with van der Waals surface area (Å²) in [5.41, 5.74) is 5.19. The van der Waals surface area contributed by atoms with Crippen LogP contribution >= 0.6 is 12.4 Å². The molecule has 3 nitrogen and oxygen atoms in total. The summed E-state index contributed by atoms with van der Waals surface area (Å²) in [5, 5.41) is 0. The Morgan fingerprint density at radius 1 is 1.78 bits per heavy atom. The third-order valence-electron chi connectivity index (χ3n) is 0.794. The van der Waals surface area contributed by atoms with Gasteiger partial charge in [0.05, 0.1) is 6.04 Å². The van der Waals surface area contributed by atoms with Crippen LogP contribution in [0.25, 0.3) is 0 Å². The number of ether oxygens (including phenoxy) is 1. The Kier molecular flexibility index (Phi) is 7.77. The number of Topliss-reactive ketones (excluding diaryl/α,β-unsaturated/α-hetero) is 1. The molecule has 0 saturated carbocycles. The van der Waals surface area contributed by atoms with Gasteiger partial charge in [-0.1, -0.05) is 0 Å². The van der Waals surface area contributed by atoms with E-state index in [0.717, 1.165) is 0 Å². The number of carbonyl (C=O) groups is 1. The van der Waals surface area contributed by atoms with Crippen LogP contribution in [-0.2, 0) is 9.53 Å². The van der Waals surface area contributed by atoms with Gasteiger partial charge in [0.1, 0.15) is 6.61 Å². The van der Waals surface area contributed by atoms with Gasteiger partial charge in [0.25, 0.3) is 0 Å². The summed E-state index contributed by atoms with van der Waals surface area (Å²) >= 11 is 0. The number of hydrogen-bond donors (Lipinski definition) is 1. The SMILES string of the molecule is COCC(=O)C(C)N.Cl. The zero-order valence-electron chi connectivity index (χ0n) is 5.59. The minimum Gasteiger partial charge on any atom is -0.377 e. The third-order valence-corrected chi connectivity index (χ3v) is 0.794. The maximum atomic E-state index is 10.5. The van der Waals surface area contributed by atoms with Crippen molar-refractivity contribution in [2.24, 2.45) is 5.73 Å². The molecule has 1 atom stereocenters. The van der Waals surface area contributed by atoms with Crippen LogP contribution in [-0.4, -0.2) is 25.5 Å². The molecule has 0 bridgehead atoms. The van der Waals surface area contributed by atoms with Gasteiger partial charge in [0, 0.05) is 7.11 Å². The Labute approximate surface area is 61.0 Å². The normalized spacial score (nSPS) is 11.9. The lowest BCUT2D eigenvalue weighted by atomic mass is 10.2. The van der Waals surface area contributed by atoms with Crippen molar-refractivity contribution in [1.29, 1.82) is 0 Å². The molecular weight excluding hydrogens is 142 g/mol. The molecule has 0 radical (unpaired) electrons. The van der Waals surface area contributed by atoms with Gasteiger partial charge >= 0.3 is 0 Å². The Balaban J connectivity index is 0. The molecule has 0 spiro atoms. The zero-order valence-corrected chi connectivity index (χ0v) is 6.40. The number of halogens is 1. The largest absolute Gasteiger partial charge is 0.377 e. The van der Waals surface area contributed by atoms with Crippen LogP contribution in [0.4, 0.5) is 0 Å². The van der Waals surface area contributed by atoms with Gasteiger partial charge in [-0.25, -0.2) is 0 Å². The quantitative estimate of drug-likeness (QED) is 0.620. The van der Waals surface area contributed by atoms with E-state index in [1.807, 2.05) is 0 Å². The molecule has 0 aliphatic heterocycles. The van der Waals surface area contributed by atoms with Gasteiger partial charge in [-0.2, -0.15) is 0 Å². The molecular formula is C5H12ClNO2. The monoisotopic (exact) mass is 153 g/mol. The van der Waals surface area contributed by atoms with Crippen LogP contribution in [0.3, 0.4) is 0 Å². The standard InChI is InChI=1S/C5H11NO2.ClH/c1-4(6)5(7)3-8-2;/h4H,3,6H2,1-2H3;1H. The van der Waals surface area contributed by atoms with E-state index < -0.39 is 6.04 Å². The molecule has 1 unspecified atom stereocenters. The van der Waals surface area contributed by atoms with E-state index in [9.17, 15) is 4.79 Å². The number of methoxy groups -OCH3 is 1. The van der Waals surface area contributed by atoms with Crippen molar-refractivity contribution in [3.63, 3.8) is 0 Å². The van der Waals surface area contributed by atoms with E-state index in [-0.39, 0.29) is 24.8 Å². The predicted molar refractivity (Wildman–Crippen MR) is 37.8 cm³/mol. The van der Waals surface area contributed by atoms with E-state index >= 15 is 0 Å². The minimum absolute atomic E-state index is 0. The first kappa shape index (κ1) is 11.6. The molecule has 0 aromatic heterocycles. The number of nitrogens with two attached hydrogens (primary N) is 1. The number of hydrogen-bond acceptors (Lipinski definition) is 3. The van der Waals surface area contributed by atoms with Gasteiger partial charge in [0.2, 0.25) is 0 Å². The predicted octanol–water partition coefficient (Wildman–Crippen LogP) is -0.0291. The van der Waals surface area contributed by atoms with Crippen molar-refractivity contribution < 1.29 is 9.53 Å². The lowest BCUT2D eigenvalue weighted by Gasteiger charge is -1.99. The van der Waals surface area contributed by atoms with Crippen LogP contribution in [0.2, 0.25) is 0 Å². The van der Waals surface area contributed by atoms with Crippen molar-refractivity contribution in [3.05, 3.63) is 0 Å². The minimum atomic E-state index is -0.394. The second-order valence-corrected chi connectivity index (χ2v) is 1.69. The summed E-state index contributed by atoms with van der Waals surface area (Å²) in [6.45, 7) is 1.76. The Hall–Kier alpha value is -0.120. The maximum absolute atomic E-state index is 10.5. The Bertz CT molecular complexity index is 85.0. The van der Waals surface area contributed by atoms with Crippen molar-refractivity contribution in [3.8, 4) is 0 Å². The fourth-order valence-electron chi connectivity index (χ4n) is 0.274. The molecule has 0 amide bonds. The smallest absolute Gasteiger partial charge is 0.174 e. The van der Waals surface area contributed by atoms with Gasteiger partial charge in [-0.05, 0) is 6.92 Å². The van der Waals surface area contributed by atoms with Gasteiger partial charge in [-0.15, -0.1) is 12.4 Å². The first-order chi connectivity index (χ1) is 3.68. The molecule has 0 heterocycles. The van der Waals surface area contributed by atoms with Crippen molar-refractivity contribution in [1.82, 2.24) is 0 Å². The van der Waals surface area contributed by atoms with Crippen molar-refractivity contribution in [2.75, 3.05) is 13.7 Å². The third kappa shape index (κ3) is 5.76. The first-order valence-corrected chi connectivity index (χ1v) is 2.45. The molecule has 0 fully saturated rings. The molecule has 0 rings (SSSR count). The lowest BCUT2D eigenvalue weighted by Crippen LogP contribution is -2.29. The summed E-state index contributed by atoms with van der Waals surface area (Å²) in [5.74, 6) is -0.0625. The fourth-order valence-corrected chi connectivity index (χ4v) is 0.274. The highest BCUT2D eigenvalue weighted by atomic mass is 35.5. The summed E-state index contributed by atoms with van der Waals surface area (Å²) in [4.78, 5) is 10.5. The van der Waals surface area contributed by atoms with E-state index in [4.69, 9.17) is 5.73 Å². The molecule has 4 heteroatoms. The average molecular weight is 154 g/mol. The summed E-state index contributed by atoms with van der Waals surface area (Å²) < 4.78 is 4.54. The van der Waals surface area contributed by atoms with Crippen LogP contribution in [0.15, 0.2) is 0 Å². The molecule has 0 aromatic carbocycles. The topological polar surface area (TPSA) is 52.3 Å². The molecule has 0 aliphatic carbocycles. The summed E-state index contributed by atoms with van der Waals surface area (Å²) in [6, 6.07) is -0.394. The first-order valence-electron chi connectivity index (χ1n) is 2.45. The van der Waals surface area contributed by atoms with Crippen LogP contribution in [0.5, 0.6) is 0 Å². The van der Waals surface area contributed by atoms with Crippen LogP contribution in [0, 0.1) is 0 Å². The van der Waals surface area contributed by atoms with Gasteiger partial charge in [0.15, 0.2) is 5.78 Å². The van der Waals surface area contributed by atoms with Gasteiger partial charge < -0.3 is 10.5 Å². The second-order valence-electron chi connectivity index (χ2n) is 1.69. The van der Waals surface area contributed by atoms with E-state index in [2.05, 4.69) is 4.74 Å². The van der Waals surface area contributed by atoms with Crippen LogP contribution in [0.1, 0.15) is 6.92 Å². The number of carbonyl (C=O) groups excluding carboxylic acids is 1. The number of ketones is 1. The molecule has 9 heavy (non-hydrogen) atoms. The summed E-state index contributed by atoms with van der Waals surface area (Å²) in [6.07, 6.45) is 0. The average Bonchev–Trinajstić information content (AvgIpc) is 1.67. The molecule has 0 saturated heterocycles. The van der Waals surface area contributed by atoms with E-state index in [1.54, 1.807) is 6.92 Å². The Morgan fingerprint density at radius 2 is 2.22 bits per heavy atom. The molecule has 0 aliphatic rings.